The molecule has 12 heavy (non-hydrogen) atoms. The Morgan fingerprint density at radius 1 is 1.67 bits per heavy atom. The van der Waals surface area contributed by atoms with Crippen molar-refractivity contribution >= 4 is 5.97 Å². The molecule has 0 aliphatic heterocycles. The highest BCUT2D eigenvalue weighted by Gasteiger charge is 2.17. The van der Waals surface area contributed by atoms with Gasteiger partial charge in [-0.3, -0.25) is 4.79 Å². The standard InChI is InChI=1S/C10H16O2/c1-7-4-3-5-9(8(7)2)6-10(11)12/h7H,3-6H2,1-2H3,(H,11,12). The van der Waals surface area contributed by atoms with Crippen molar-refractivity contribution in [2.75, 3.05) is 0 Å². The Balaban J connectivity index is 2.71. The summed E-state index contributed by atoms with van der Waals surface area (Å²) in [4.78, 5) is 10.5. The van der Waals surface area contributed by atoms with Gasteiger partial charge in [0.15, 0.2) is 0 Å². The quantitative estimate of drug-likeness (QED) is 0.643. The molecule has 0 fully saturated rings. The van der Waals surface area contributed by atoms with Crippen LogP contribution in [0.5, 0.6) is 0 Å². The highest BCUT2D eigenvalue weighted by Crippen LogP contribution is 2.30. The average molecular weight is 168 g/mol. The van der Waals surface area contributed by atoms with Gasteiger partial charge in [-0.25, -0.2) is 0 Å². The normalized spacial score (nSPS) is 24.3. The maximum Gasteiger partial charge on any atom is 0.307 e. The number of hydrogen-bond donors (Lipinski definition) is 1. The molecular weight excluding hydrogens is 152 g/mol. The van der Waals surface area contributed by atoms with Gasteiger partial charge in [-0.05, 0) is 32.1 Å². The van der Waals surface area contributed by atoms with Crippen molar-refractivity contribution in [1.29, 1.82) is 0 Å². The highest BCUT2D eigenvalue weighted by atomic mass is 16.4. The van der Waals surface area contributed by atoms with Crippen molar-refractivity contribution in [2.45, 2.75) is 39.5 Å². The van der Waals surface area contributed by atoms with Gasteiger partial charge in [0.25, 0.3) is 0 Å². The predicted octanol–water partition coefficient (Wildman–Crippen LogP) is 2.60. The number of carboxylic acid groups (broad SMARTS) is 1. The van der Waals surface area contributed by atoms with Crippen LogP contribution in [0.1, 0.15) is 39.5 Å². The minimum Gasteiger partial charge on any atom is -0.481 e. The highest BCUT2D eigenvalue weighted by molar-refractivity contribution is 5.70. The van der Waals surface area contributed by atoms with Crippen LogP contribution in [0.25, 0.3) is 0 Å². The van der Waals surface area contributed by atoms with Gasteiger partial charge in [-0.2, -0.15) is 0 Å². The van der Waals surface area contributed by atoms with Crippen LogP contribution in [-0.4, -0.2) is 11.1 Å². The SMILES string of the molecule is CC1=C(CC(=O)O)CCCC1C. The fourth-order valence-electron chi connectivity index (χ4n) is 1.79. The minimum atomic E-state index is -0.696. The van der Waals surface area contributed by atoms with Crippen molar-refractivity contribution in [1.82, 2.24) is 0 Å². The molecule has 0 spiro atoms. The number of hydrogen-bond acceptors (Lipinski definition) is 1. The van der Waals surface area contributed by atoms with Gasteiger partial charge in [0.05, 0.1) is 6.42 Å². The Morgan fingerprint density at radius 3 is 2.92 bits per heavy atom. The molecule has 0 radical (unpaired) electrons. The molecule has 1 unspecified atom stereocenters. The Morgan fingerprint density at radius 2 is 2.33 bits per heavy atom. The lowest BCUT2D eigenvalue weighted by Gasteiger charge is -2.22. The van der Waals surface area contributed by atoms with Gasteiger partial charge in [-0.1, -0.05) is 18.1 Å². The molecule has 0 saturated heterocycles. The first-order chi connectivity index (χ1) is 5.61. The Kier molecular flexibility index (Phi) is 2.90. The first-order valence-corrected chi connectivity index (χ1v) is 4.51. The Labute approximate surface area is 73.3 Å². The van der Waals surface area contributed by atoms with Crippen LogP contribution in [-0.2, 0) is 4.79 Å². The molecule has 0 aromatic carbocycles. The Bertz CT molecular complexity index is 216. The zero-order valence-electron chi connectivity index (χ0n) is 7.76. The lowest BCUT2D eigenvalue weighted by atomic mass is 9.83. The smallest absolute Gasteiger partial charge is 0.307 e. The van der Waals surface area contributed by atoms with Crippen LogP contribution in [0.3, 0.4) is 0 Å². The minimum absolute atomic E-state index is 0.246. The molecular formula is C10H16O2. The summed E-state index contributed by atoms with van der Waals surface area (Å²) in [5.74, 6) is -0.105. The summed E-state index contributed by atoms with van der Waals surface area (Å²) in [5.41, 5.74) is 2.46. The molecule has 2 heteroatoms. The van der Waals surface area contributed by atoms with E-state index >= 15 is 0 Å². The Hall–Kier alpha value is -0.790. The zero-order valence-corrected chi connectivity index (χ0v) is 7.76. The van der Waals surface area contributed by atoms with Gasteiger partial charge >= 0.3 is 5.97 Å². The van der Waals surface area contributed by atoms with E-state index in [2.05, 4.69) is 13.8 Å². The van der Waals surface area contributed by atoms with Gasteiger partial charge in [0.2, 0.25) is 0 Å². The summed E-state index contributed by atoms with van der Waals surface area (Å²) in [6.45, 7) is 4.25. The number of aliphatic carboxylic acids is 1. The van der Waals surface area contributed by atoms with Gasteiger partial charge < -0.3 is 5.11 Å². The summed E-state index contributed by atoms with van der Waals surface area (Å²) in [6.07, 6.45) is 3.61. The molecule has 0 amide bonds. The number of allylic oxidation sites excluding steroid dienone is 1. The second-order valence-electron chi connectivity index (χ2n) is 3.65. The first-order valence-electron chi connectivity index (χ1n) is 4.51. The van der Waals surface area contributed by atoms with Crippen molar-refractivity contribution in [3.05, 3.63) is 11.1 Å². The van der Waals surface area contributed by atoms with Crippen LogP contribution in [0.4, 0.5) is 0 Å². The molecule has 0 aromatic heterocycles. The van der Waals surface area contributed by atoms with Crippen molar-refractivity contribution < 1.29 is 9.90 Å². The molecule has 1 rings (SSSR count). The van der Waals surface area contributed by atoms with Crippen LogP contribution in [0.15, 0.2) is 11.1 Å². The molecule has 1 atom stereocenters. The van der Waals surface area contributed by atoms with Crippen LogP contribution >= 0.6 is 0 Å². The number of carboxylic acids is 1. The monoisotopic (exact) mass is 168 g/mol. The van der Waals surface area contributed by atoms with Gasteiger partial charge in [0, 0.05) is 0 Å². The summed E-state index contributed by atoms with van der Waals surface area (Å²) in [6, 6.07) is 0. The summed E-state index contributed by atoms with van der Waals surface area (Å²) >= 11 is 0. The molecule has 1 aliphatic carbocycles. The van der Waals surface area contributed by atoms with E-state index in [1.807, 2.05) is 0 Å². The third-order valence-corrected chi connectivity index (χ3v) is 2.78. The zero-order chi connectivity index (χ0) is 9.14. The lowest BCUT2D eigenvalue weighted by molar-refractivity contribution is -0.136. The van der Waals surface area contributed by atoms with E-state index < -0.39 is 5.97 Å². The molecule has 0 saturated carbocycles. The maximum absolute atomic E-state index is 10.5. The summed E-state index contributed by atoms with van der Waals surface area (Å²) < 4.78 is 0. The molecule has 68 valence electrons. The first kappa shape index (κ1) is 9.30. The van der Waals surface area contributed by atoms with Crippen molar-refractivity contribution in [2.24, 2.45) is 5.92 Å². The number of rotatable bonds is 2. The third-order valence-electron chi connectivity index (χ3n) is 2.78. The van der Waals surface area contributed by atoms with Crippen molar-refractivity contribution in [3.63, 3.8) is 0 Å². The molecule has 0 aromatic rings. The van der Waals surface area contributed by atoms with Crippen LogP contribution < -0.4 is 0 Å². The van der Waals surface area contributed by atoms with Gasteiger partial charge in [0.1, 0.15) is 0 Å². The van der Waals surface area contributed by atoms with E-state index in [1.165, 1.54) is 12.0 Å². The fourth-order valence-corrected chi connectivity index (χ4v) is 1.79. The van der Waals surface area contributed by atoms with Crippen LogP contribution in [0.2, 0.25) is 0 Å². The van der Waals surface area contributed by atoms with E-state index in [9.17, 15) is 4.79 Å². The van der Waals surface area contributed by atoms with Crippen LogP contribution in [0, 0.1) is 5.92 Å². The second kappa shape index (κ2) is 3.74. The maximum atomic E-state index is 10.5. The predicted molar refractivity (Wildman–Crippen MR) is 48.0 cm³/mol. The largest absolute Gasteiger partial charge is 0.481 e. The van der Waals surface area contributed by atoms with Gasteiger partial charge in [-0.15, -0.1) is 0 Å². The molecule has 1 aliphatic rings. The van der Waals surface area contributed by atoms with E-state index in [1.54, 1.807) is 0 Å². The second-order valence-corrected chi connectivity index (χ2v) is 3.65. The number of carbonyl (C=O) groups is 1. The molecule has 0 bridgehead atoms. The molecule has 0 heterocycles. The lowest BCUT2D eigenvalue weighted by Crippen LogP contribution is -2.10. The van der Waals surface area contributed by atoms with E-state index in [0.717, 1.165) is 18.4 Å². The van der Waals surface area contributed by atoms with E-state index in [0.29, 0.717) is 5.92 Å². The summed E-state index contributed by atoms with van der Waals surface area (Å²) in [5, 5.41) is 8.64. The average Bonchev–Trinajstić information content (AvgIpc) is 1.98. The summed E-state index contributed by atoms with van der Waals surface area (Å²) in [7, 11) is 0. The van der Waals surface area contributed by atoms with E-state index in [4.69, 9.17) is 5.11 Å². The molecule has 2 nitrogen and oxygen atoms in total. The molecule has 1 N–H and O–H groups in total. The third kappa shape index (κ3) is 2.10. The van der Waals surface area contributed by atoms with E-state index in [-0.39, 0.29) is 6.42 Å². The topological polar surface area (TPSA) is 37.3 Å². The fraction of sp³-hybridized carbons (Fsp3) is 0.700. The van der Waals surface area contributed by atoms with Crippen molar-refractivity contribution in [3.8, 4) is 0 Å².